The van der Waals surface area contributed by atoms with E-state index in [4.69, 9.17) is 10.8 Å². The average Bonchev–Trinajstić information content (AvgIpc) is 2.27. The molecule has 4 nitrogen and oxygen atoms in total. The van der Waals surface area contributed by atoms with E-state index in [1.165, 1.54) is 11.1 Å². The number of benzene rings is 1. The van der Waals surface area contributed by atoms with E-state index >= 15 is 0 Å². The summed E-state index contributed by atoms with van der Waals surface area (Å²) in [6.45, 7) is 6.51. The second-order valence-electron chi connectivity index (χ2n) is 5.59. The molecular weight excluding hydrogens is 240 g/mol. The number of aryl methyl sites for hydroxylation is 2. The van der Waals surface area contributed by atoms with Gasteiger partial charge in [0.1, 0.15) is 5.54 Å². The zero-order chi connectivity index (χ0) is 14.6. The first kappa shape index (κ1) is 15.5. The van der Waals surface area contributed by atoms with E-state index in [1.54, 1.807) is 6.92 Å². The van der Waals surface area contributed by atoms with Crippen molar-refractivity contribution in [2.45, 2.75) is 39.2 Å². The van der Waals surface area contributed by atoms with Crippen LogP contribution >= 0.6 is 0 Å². The molecule has 0 amide bonds. The molecule has 19 heavy (non-hydrogen) atoms. The average molecular weight is 264 g/mol. The highest BCUT2D eigenvalue weighted by Crippen LogP contribution is 2.18. The molecule has 1 unspecified atom stereocenters. The second-order valence-corrected chi connectivity index (χ2v) is 5.59. The van der Waals surface area contributed by atoms with Crippen LogP contribution in [0, 0.1) is 13.8 Å². The van der Waals surface area contributed by atoms with Gasteiger partial charge in [-0.25, -0.2) is 0 Å². The van der Waals surface area contributed by atoms with Gasteiger partial charge in [0.15, 0.2) is 0 Å². The normalized spacial score (nSPS) is 13.9. The second kappa shape index (κ2) is 6.06. The van der Waals surface area contributed by atoms with E-state index < -0.39 is 11.5 Å². The van der Waals surface area contributed by atoms with Crippen molar-refractivity contribution in [2.75, 3.05) is 18.5 Å². The van der Waals surface area contributed by atoms with Crippen molar-refractivity contribution in [3.63, 3.8) is 0 Å². The number of carboxylic acid groups (broad SMARTS) is 1. The summed E-state index contributed by atoms with van der Waals surface area (Å²) in [4.78, 5) is 13.1. The maximum atomic E-state index is 10.9. The SMILES string of the molecule is Cc1cc(C)cc(N(C)CCCC(C)(N)C(=O)O)c1. The maximum absolute atomic E-state index is 10.9. The van der Waals surface area contributed by atoms with Crippen LogP contribution < -0.4 is 10.6 Å². The highest BCUT2D eigenvalue weighted by Gasteiger charge is 2.27. The van der Waals surface area contributed by atoms with Crippen LogP contribution in [0.1, 0.15) is 30.9 Å². The van der Waals surface area contributed by atoms with Gasteiger partial charge < -0.3 is 15.7 Å². The van der Waals surface area contributed by atoms with Crippen LogP contribution in [0.15, 0.2) is 18.2 Å². The van der Waals surface area contributed by atoms with Gasteiger partial charge in [-0.3, -0.25) is 4.79 Å². The van der Waals surface area contributed by atoms with Crippen LogP contribution in [0.4, 0.5) is 5.69 Å². The Hall–Kier alpha value is -1.55. The number of nitrogens with zero attached hydrogens (tertiary/aromatic N) is 1. The minimum absolute atomic E-state index is 0.470. The number of carbonyl (C=O) groups is 1. The van der Waals surface area contributed by atoms with E-state index in [0.717, 1.165) is 18.7 Å². The van der Waals surface area contributed by atoms with Crippen LogP contribution in [-0.4, -0.2) is 30.2 Å². The van der Waals surface area contributed by atoms with E-state index in [-0.39, 0.29) is 0 Å². The Morgan fingerprint density at radius 1 is 1.32 bits per heavy atom. The molecule has 0 saturated heterocycles. The molecule has 3 N–H and O–H groups in total. The lowest BCUT2D eigenvalue weighted by Crippen LogP contribution is -2.45. The summed E-state index contributed by atoms with van der Waals surface area (Å²) in [5.74, 6) is -0.943. The minimum atomic E-state index is -1.14. The van der Waals surface area contributed by atoms with Gasteiger partial charge in [-0.15, -0.1) is 0 Å². The zero-order valence-corrected chi connectivity index (χ0v) is 12.2. The predicted molar refractivity (Wildman–Crippen MR) is 78.6 cm³/mol. The third kappa shape index (κ3) is 4.56. The van der Waals surface area contributed by atoms with E-state index in [1.807, 2.05) is 7.05 Å². The molecular formula is C15H24N2O2. The number of carboxylic acids is 1. The summed E-state index contributed by atoms with van der Waals surface area (Å²) in [5, 5.41) is 8.96. The van der Waals surface area contributed by atoms with Crippen molar-refractivity contribution in [1.82, 2.24) is 0 Å². The summed E-state index contributed by atoms with van der Waals surface area (Å²) in [6, 6.07) is 6.40. The molecule has 0 bridgehead atoms. The van der Waals surface area contributed by atoms with E-state index in [2.05, 4.69) is 36.9 Å². The Balaban J connectivity index is 2.56. The number of anilines is 1. The Morgan fingerprint density at radius 2 is 1.84 bits per heavy atom. The van der Waals surface area contributed by atoms with Gasteiger partial charge in [-0.2, -0.15) is 0 Å². The molecule has 0 aromatic heterocycles. The van der Waals surface area contributed by atoms with Crippen LogP contribution in [0.25, 0.3) is 0 Å². The molecule has 0 aliphatic heterocycles. The summed E-state index contributed by atoms with van der Waals surface area (Å²) in [5.41, 5.74) is 8.20. The van der Waals surface area contributed by atoms with Gasteiger partial charge in [-0.1, -0.05) is 6.07 Å². The minimum Gasteiger partial charge on any atom is -0.480 e. The highest BCUT2D eigenvalue weighted by molar-refractivity contribution is 5.77. The summed E-state index contributed by atoms with van der Waals surface area (Å²) < 4.78 is 0. The van der Waals surface area contributed by atoms with Gasteiger partial charge in [0, 0.05) is 19.3 Å². The summed E-state index contributed by atoms with van der Waals surface area (Å²) >= 11 is 0. The molecule has 0 aliphatic rings. The quantitative estimate of drug-likeness (QED) is 0.827. The van der Waals surface area contributed by atoms with Gasteiger partial charge in [-0.05, 0) is 56.9 Å². The van der Waals surface area contributed by atoms with Crippen LogP contribution in [0.5, 0.6) is 0 Å². The largest absolute Gasteiger partial charge is 0.480 e. The third-order valence-electron chi connectivity index (χ3n) is 3.33. The standard InChI is InChI=1S/C15H24N2O2/c1-11-8-12(2)10-13(9-11)17(4)7-5-6-15(3,16)14(18)19/h8-10H,5-7,16H2,1-4H3,(H,18,19). The lowest BCUT2D eigenvalue weighted by molar-refractivity contribution is -0.142. The summed E-state index contributed by atoms with van der Waals surface area (Å²) in [7, 11) is 2.02. The van der Waals surface area contributed by atoms with Crippen molar-refractivity contribution in [3.05, 3.63) is 29.3 Å². The fourth-order valence-electron chi connectivity index (χ4n) is 2.09. The fraction of sp³-hybridized carbons (Fsp3) is 0.533. The number of aliphatic carboxylic acids is 1. The molecule has 0 aliphatic carbocycles. The molecule has 0 fully saturated rings. The lowest BCUT2D eigenvalue weighted by Gasteiger charge is -2.23. The van der Waals surface area contributed by atoms with Crippen LogP contribution in [-0.2, 0) is 4.79 Å². The molecule has 1 rings (SSSR count). The van der Waals surface area contributed by atoms with Crippen molar-refractivity contribution in [1.29, 1.82) is 0 Å². The number of rotatable bonds is 6. The zero-order valence-electron chi connectivity index (χ0n) is 12.2. The first-order chi connectivity index (χ1) is 8.72. The fourth-order valence-corrected chi connectivity index (χ4v) is 2.09. The Morgan fingerprint density at radius 3 is 2.32 bits per heavy atom. The highest BCUT2D eigenvalue weighted by atomic mass is 16.4. The number of hydrogen-bond acceptors (Lipinski definition) is 3. The van der Waals surface area contributed by atoms with E-state index in [9.17, 15) is 4.79 Å². The first-order valence-corrected chi connectivity index (χ1v) is 6.54. The monoisotopic (exact) mass is 264 g/mol. The first-order valence-electron chi connectivity index (χ1n) is 6.54. The molecule has 4 heteroatoms. The van der Waals surface area contributed by atoms with Gasteiger partial charge in [0.05, 0.1) is 0 Å². The predicted octanol–water partition coefficient (Wildman–Crippen LogP) is 2.32. The van der Waals surface area contributed by atoms with Gasteiger partial charge in [0.25, 0.3) is 0 Å². The Kier molecular flexibility index (Phi) is 4.95. The van der Waals surface area contributed by atoms with Crippen LogP contribution in [0.2, 0.25) is 0 Å². The summed E-state index contributed by atoms with van der Waals surface area (Å²) in [6.07, 6.45) is 1.22. The van der Waals surface area contributed by atoms with Crippen molar-refractivity contribution in [2.24, 2.45) is 5.73 Å². The smallest absolute Gasteiger partial charge is 0.323 e. The van der Waals surface area contributed by atoms with Gasteiger partial charge >= 0.3 is 5.97 Å². The third-order valence-corrected chi connectivity index (χ3v) is 3.33. The molecule has 0 heterocycles. The molecule has 1 aromatic rings. The van der Waals surface area contributed by atoms with E-state index in [0.29, 0.717) is 6.42 Å². The molecule has 1 atom stereocenters. The van der Waals surface area contributed by atoms with Crippen molar-refractivity contribution >= 4 is 11.7 Å². The maximum Gasteiger partial charge on any atom is 0.323 e. The van der Waals surface area contributed by atoms with Crippen molar-refractivity contribution in [3.8, 4) is 0 Å². The van der Waals surface area contributed by atoms with Crippen molar-refractivity contribution < 1.29 is 9.90 Å². The molecule has 0 radical (unpaired) electrons. The number of nitrogens with two attached hydrogens (primary N) is 1. The Bertz CT molecular complexity index is 435. The molecule has 0 saturated carbocycles. The van der Waals surface area contributed by atoms with Gasteiger partial charge in [0.2, 0.25) is 0 Å². The molecule has 0 spiro atoms. The topological polar surface area (TPSA) is 66.6 Å². The number of hydrogen-bond donors (Lipinski definition) is 2. The van der Waals surface area contributed by atoms with Crippen LogP contribution in [0.3, 0.4) is 0 Å². The molecule has 106 valence electrons. The lowest BCUT2D eigenvalue weighted by atomic mass is 9.97. The molecule has 1 aromatic carbocycles. The Labute approximate surface area is 115 Å².